The molecule has 1 fully saturated rings. The lowest BCUT2D eigenvalue weighted by Gasteiger charge is -2.06. The molecule has 0 amide bonds. The SMILES string of the molecule is Cn1c(C2CCCC2)nn2cc(CN)nc12. The third-order valence-corrected chi connectivity index (χ3v) is 3.50. The maximum Gasteiger partial charge on any atom is 0.232 e. The second-order valence-electron chi connectivity index (χ2n) is 4.58. The van der Waals surface area contributed by atoms with Gasteiger partial charge in [-0.2, -0.15) is 5.10 Å². The molecule has 1 aliphatic rings. The summed E-state index contributed by atoms with van der Waals surface area (Å²) in [7, 11) is 2.04. The molecule has 2 aromatic heterocycles. The van der Waals surface area contributed by atoms with Gasteiger partial charge in [-0.15, -0.1) is 0 Å². The zero-order valence-electron chi connectivity index (χ0n) is 9.56. The van der Waals surface area contributed by atoms with Crippen LogP contribution in [0.2, 0.25) is 0 Å². The Labute approximate surface area is 94.3 Å². The first-order valence-corrected chi connectivity index (χ1v) is 5.90. The first kappa shape index (κ1) is 9.84. The van der Waals surface area contributed by atoms with Crippen molar-refractivity contribution < 1.29 is 0 Å². The number of aryl methyl sites for hydroxylation is 1. The van der Waals surface area contributed by atoms with E-state index in [-0.39, 0.29) is 0 Å². The van der Waals surface area contributed by atoms with Crippen molar-refractivity contribution in [1.29, 1.82) is 0 Å². The molecule has 86 valence electrons. The fourth-order valence-corrected chi connectivity index (χ4v) is 2.63. The fraction of sp³-hybridized carbons (Fsp3) is 0.636. The van der Waals surface area contributed by atoms with Crippen LogP contribution < -0.4 is 5.73 Å². The zero-order valence-corrected chi connectivity index (χ0v) is 9.56. The van der Waals surface area contributed by atoms with Gasteiger partial charge in [0, 0.05) is 19.5 Å². The summed E-state index contributed by atoms with van der Waals surface area (Å²) in [6, 6.07) is 0. The third kappa shape index (κ3) is 1.35. The van der Waals surface area contributed by atoms with Crippen LogP contribution in [-0.2, 0) is 13.6 Å². The molecule has 0 aromatic carbocycles. The number of nitrogens with zero attached hydrogens (tertiary/aromatic N) is 4. The van der Waals surface area contributed by atoms with Gasteiger partial charge in [0.05, 0.1) is 11.9 Å². The zero-order chi connectivity index (χ0) is 11.1. The Hall–Kier alpha value is -1.36. The van der Waals surface area contributed by atoms with Crippen molar-refractivity contribution in [3.63, 3.8) is 0 Å². The van der Waals surface area contributed by atoms with Crippen molar-refractivity contribution in [2.24, 2.45) is 12.8 Å². The maximum absolute atomic E-state index is 5.57. The van der Waals surface area contributed by atoms with E-state index in [9.17, 15) is 0 Å². The lowest BCUT2D eigenvalue weighted by atomic mass is 10.1. The van der Waals surface area contributed by atoms with E-state index in [0.29, 0.717) is 12.5 Å². The minimum Gasteiger partial charge on any atom is -0.325 e. The highest BCUT2D eigenvalue weighted by atomic mass is 15.4. The number of rotatable bonds is 2. The average molecular weight is 219 g/mol. The predicted molar refractivity (Wildman–Crippen MR) is 61.1 cm³/mol. The van der Waals surface area contributed by atoms with Crippen LogP contribution in [-0.4, -0.2) is 19.2 Å². The van der Waals surface area contributed by atoms with E-state index < -0.39 is 0 Å². The van der Waals surface area contributed by atoms with Crippen LogP contribution in [0.3, 0.4) is 0 Å². The van der Waals surface area contributed by atoms with Gasteiger partial charge in [0.15, 0.2) is 0 Å². The van der Waals surface area contributed by atoms with Gasteiger partial charge < -0.3 is 5.73 Å². The minimum absolute atomic E-state index is 0.474. The molecule has 3 rings (SSSR count). The van der Waals surface area contributed by atoms with Crippen LogP contribution >= 0.6 is 0 Å². The summed E-state index contributed by atoms with van der Waals surface area (Å²) in [4.78, 5) is 4.46. The van der Waals surface area contributed by atoms with Crippen molar-refractivity contribution in [2.45, 2.75) is 38.1 Å². The topological polar surface area (TPSA) is 61.1 Å². The first-order chi connectivity index (χ1) is 7.79. The van der Waals surface area contributed by atoms with Gasteiger partial charge in [0.2, 0.25) is 5.78 Å². The summed E-state index contributed by atoms with van der Waals surface area (Å²) in [5.41, 5.74) is 6.47. The molecule has 0 aliphatic heterocycles. The van der Waals surface area contributed by atoms with Crippen molar-refractivity contribution >= 4 is 5.78 Å². The maximum atomic E-state index is 5.57. The monoisotopic (exact) mass is 219 g/mol. The molecule has 0 bridgehead atoms. The van der Waals surface area contributed by atoms with E-state index in [4.69, 9.17) is 5.73 Å². The molecule has 0 unspecified atom stereocenters. The fourth-order valence-electron chi connectivity index (χ4n) is 2.63. The molecule has 2 heterocycles. The highest BCUT2D eigenvalue weighted by Crippen LogP contribution is 2.33. The molecule has 0 saturated heterocycles. The Kier molecular flexibility index (Phi) is 2.21. The number of nitrogens with two attached hydrogens (primary N) is 1. The molecule has 0 spiro atoms. The Bertz CT molecular complexity index is 504. The van der Waals surface area contributed by atoms with Gasteiger partial charge in [-0.05, 0) is 12.8 Å². The van der Waals surface area contributed by atoms with E-state index >= 15 is 0 Å². The predicted octanol–water partition coefficient (Wildman–Crippen LogP) is 1.18. The van der Waals surface area contributed by atoms with E-state index in [1.165, 1.54) is 31.5 Å². The van der Waals surface area contributed by atoms with Gasteiger partial charge in [-0.25, -0.2) is 9.50 Å². The number of hydrogen-bond acceptors (Lipinski definition) is 3. The second kappa shape index (κ2) is 3.59. The molecular weight excluding hydrogens is 202 g/mol. The first-order valence-electron chi connectivity index (χ1n) is 5.90. The minimum atomic E-state index is 0.474. The number of aromatic nitrogens is 4. The normalized spacial score (nSPS) is 17.6. The highest BCUT2D eigenvalue weighted by Gasteiger charge is 2.23. The van der Waals surface area contributed by atoms with Crippen molar-refractivity contribution in [3.05, 3.63) is 17.7 Å². The molecular formula is C11H17N5. The lowest BCUT2D eigenvalue weighted by molar-refractivity contribution is 0.628. The number of imidazole rings is 1. The molecule has 2 N–H and O–H groups in total. The Morgan fingerprint density at radius 2 is 2.19 bits per heavy atom. The third-order valence-electron chi connectivity index (χ3n) is 3.50. The summed E-state index contributed by atoms with van der Waals surface area (Å²) < 4.78 is 3.96. The van der Waals surface area contributed by atoms with Crippen LogP contribution in [0.15, 0.2) is 6.20 Å². The number of fused-ring (bicyclic) bond motifs is 1. The largest absolute Gasteiger partial charge is 0.325 e. The molecule has 1 saturated carbocycles. The van der Waals surface area contributed by atoms with E-state index in [1.807, 2.05) is 17.8 Å². The summed E-state index contributed by atoms with van der Waals surface area (Å²) in [6.45, 7) is 0.474. The van der Waals surface area contributed by atoms with Crippen LogP contribution in [0.5, 0.6) is 0 Å². The van der Waals surface area contributed by atoms with Gasteiger partial charge >= 0.3 is 0 Å². The quantitative estimate of drug-likeness (QED) is 0.825. The van der Waals surface area contributed by atoms with Crippen LogP contribution in [0.1, 0.15) is 43.1 Å². The number of hydrogen-bond donors (Lipinski definition) is 1. The standard InChI is InChI=1S/C11H17N5/c1-15-10(8-4-2-3-5-8)14-16-7-9(6-12)13-11(15)16/h7-8H,2-6,12H2,1H3. The van der Waals surface area contributed by atoms with Crippen molar-refractivity contribution in [2.75, 3.05) is 0 Å². The summed E-state index contributed by atoms with van der Waals surface area (Å²) in [6.07, 6.45) is 7.10. The Morgan fingerprint density at radius 3 is 2.81 bits per heavy atom. The van der Waals surface area contributed by atoms with Crippen LogP contribution in [0, 0.1) is 0 Å². The van der Waals surface area contributed by atoms with Crippen molar-refractivity contribution in [3.8, 4) is 0 Å². The Balaban J connectivity index is 2.06. The van der Waals surface area contributed by atoms with Gasteiger partial charge in [-0.1, -0.05) is 12.8 Å². The second-order valence-corrected chi connectivity index (χ2v) is 4.58. The van der Waals surface area contributed by atoms with E-state index in [2.05, 4.69) is 14.6 Å². The van der Waals surface area contributed by atoms with Gasteiger partial charge in [0.25, 0.3) is 0 Å². The van der Waals surface area contributed by atoms with E-state index in [0.717, 1.165) is 11.5 Å². The molecule has 0 atom stereocenters. The molecule has 5 nitrogen and oxygen atoms in total. The van der Waals surface area contributed by atoms with E-state index in [1.54, 1.807) is 0 Å². The van der Waals surface area contributed by atoms with Crippen LogP contribution in [0.25, 0.3) is 5.78 Å². The molecule has 5 heteroatoms. The molecule has 0 radical (unpaired) electrons. The molecule has 2 aromatic rings. The lowest BCUT2D eigenvalue weighted by Crippen LogP contribution is -2.04. The average Bonchev–Trinajstić information content (AvgIpc) is 2.96. The van der Waals surface area contributed by atoms with Crippen LogP contribution in [0.4, 0.5) is 0 Å². The summed E-state index contributed by atoms with van der Waals surface area (Å²) >= 11 is 0. The summed E-state index contributed by atoms with van der Waals surface area (Å²) in [5.74, 6) is 2.69. The molecule has 16 heavy (non-hydrogen) atoms. The molecule has 1 aliphatic carbocycles. The summed E-state index contributed by atoms with van der Waals surface area (Å²) in [5, 5.41) is 4.62. The Morgan fingerprint density at radius 1 is 1.44 bits per heavy atom. The highest BCUT2D eigenvalue weighted by molar-refractivity contribution is 5.32. The van der Waals surface area contributed by atoms with Crippen molar-refractivity contribution in [1.82, 2.24) is 19.2 Å². The van der Waals surface area contributed by atoms with Gasteiger partial charge in [0.1, 0.15) is 5.82 Å². The smallest absolute Gasteiger partial charge is 0.232 e. The van der Waals surface area contributed by atoms with Gasteiger partial charge in [-0.3, -0.25) is 4.57 Å².